The van der Waals surface area contributed by atoms with Gasteiger partial charge in [-0.1, -0.05) is 23.2 Å². The lowest BCUT2D eigenvalue weighted by atomic mass is 10.1. The average Bonchev–Trinajstić information content (AvgIpc) is 2.44. The van der Waals surface area contributed by atoms with Crippen molar-refractivity contribution in [1.29, 1.82) is 0 Å². The number of amides is 1. The van der Waals surface area contributed by atoms with Gasteiger partial charge in [0, 0.05) is 12.6 Å². The molecule has 0 spiro atoms. The van der Waals surface area contributed by atoms with Gasteiger partial charge in [0.15, 0.2) is 0 Å². The van der Waals surface area contributed by atoms with Crippen molar-refractivity contribution in [2.75, 3.05) is 7.11 Å². The van der Waals surface area contributed by atoms with Crippen molar-refractivity contribution < 1.29 is 24.2 Å². The number of carboxylic acid groups (broad SMARTS) is 1. The van der Waals surface area contributed by atoms with Crippen LogP contribution in [0.3, 0.4) is 0 Å². The third-order valence-corrected chi connectivity index (χ3v) is 3.04. The van der Waals surface area contributed by atoms with Gasteiger partial charge in [0.05, 0.1) is 17.7 Å². The van der Waals surface area contributed by atoms with Crippen LogP contribution in [0.4, 0.5) is 0 Å². The lowest BCUT2D eigenvalue weighted by Crippen LogP contribution is -2.41. The predicted octanol–water partition coefficient (Wildman–Crippen LogP) is 1.52. The van der Waals surface area contributed by atoms with Gasteiger partial charge in [-0.3, -0.25) is 9.59 Å². The number of ether oxygens (including phenoxy) is 1. The first kappa shape index (κ1) is 17.2. The van der Waals surface area contributed by atoms with E-state index in [2.05, 4.69) is 15.0 Å². The molecule has 1 atom stereocenters. The smallest absolute Gasteiger partial charge is 0.326 e. The summed E-state index contributed by atoms with van der Waals surface area (Å²) in [6, 6.07) is -0.0297. The molecule has 0 saturated heterocycles. The van der Waals surface area contributed by atoms with Crippen LogP contribution in [0.15, 0.2) is 12.3 Å². The molecule has 21 heavy (non-hydrogen) atoms. The number of halogens is 2. The van der Waals surface area contributed by atoms with Gasteiger partial charge in [-0.2, -0.15) is 0 Å². The van der Waals surface area contributed by atoms with E-state index in [1.54, 1.807) is 0 Å². The van der Waals surface area contributed by atoms with Crippen LogP contribution in [0.1, 0.15) is 23.2 Å². The first-order valence-corrected chi connectivity index (χ1v) is 6.52. The summed E-state index contributed by atoms with van der Waals surface area (Å²) in [4.78, 5) is 37.8. The van der Waals surface area contributed by atoms with Gasteiger partial charge in [0.25, 0.3) is 5.91 Å². The molecule has 0 aromatic carbocycles. The third kappa shape index (κ3) is 5.20. The van der Waals surface area contributed by atoms with Crippen LogP contribution in [-0.4, -0.2) is 41.1 Å². The fourth-order valence-electron chi connectivity index (χ4n) is 1.44. The number of carbonyl (C=O) groups is 3. The average molecular weight is 335 g/mol. The first-order valence-electron chi connectivity index (χ1n) is 5.76. The van der Waals surface area contributed by atoms with Gasteiger partial charge < -0.3 is 15.2 Å². The molecule has 0 unspecified atom stereocenters. The Morgan fingerprint density at radius 3 is 2.67 bits per heavy atom. The molecular weight excluding hydrogens is 323 g/mol. The van der Waals surface area contributed by atoms with E-state index >= 15 is 0 Å². The summed E-state index contributed by atoms with van der Waals surface area (Å²) in [6.07, 6.45) is 0.936. The zero-order valence-electron chi connectivity index (χ0n) is 10.9. The highest BCUT2D eigenvalue weighted by molar-refractivity contribution is 6.35. The number of esters is 1. The van der Waals surface area contributed by atoms with Gasteiger partial charge in [-0.05, 0) is 12.5 Å². The summed E-state index contributed by atoms with van der Waals surface area (Å²) in [5, 5.41) is 11.4. The number of methoxy groups -OCH3 is 1. The Labute approximate surface area is 130 Å². The van der Waals surface area contributed by atoms with Crippen LogP contribution < -0.4 is 5.32 Å². The van der Waals surface area contributed by atoms with Gasteiger partial charge in [0.1, 0.15) is 11.2 Å². The number of nitrogens with zero attached hydrogens (tertiary/aromatic N) is 1. The molecule has 2 N–H and O–H groups in total. The summed E-state index contributed by atoms with van der Waals surface area (Å²) in [7, 11) is 1.19. The minimum atomic E-state index is -1.27. The van der Waals surface area contributed by atoms with E-state index in [1.165, 1.54) is 19.4 Å². The molecule has 0 fully saturated rings. The van der Waals surface area contributed by atoms with Crippen molar-refractivity contribution in [3.8, 4) is 0 Å². The van der Waals surface area contributed by atoms with Crippen LogP contribution in [0, 0.1) is 0 Å². The van der Waals surface area contributed by atoms with E-state index in [-0.39, 0.29) is 28.6 Å². The Morgan fingerprint density at radius 1 is 1.43 bits per heavy atom. The Balaban J connectivity index is 2.79. The van der Waals surface area contributed by atoms with Gasteiger partial charge in [-0.25, -0.2) is 9.78 Å². The monoisotopic (exact) mass is 334 g/mol. The minimum absolute atomic E-state index is 0.000912. The maximum Gasteiger partial charge on any atom is 0.326 e. The molecule has 1 amide bonds. The molecule has 0 saturated carbocycles. The van der Waals surface area contributed by atoms with E-state index in [0.29, 0.717) is 0 Å². The Hall–Kier alpha value is -1.86. The molecule has 0 aliphatic heterocycles. The number of hydrogen-bond acceptors (Lipinski definition) is 5. The number of pyridine rings is 1. The summed E-state index contributed by atoms with van der Waals surface area (Å²) in [5.41, 5.74) is 0.000912. The lowest BCUT2D eigenvalue weighted by Gasteiger charge is -2.14. The van der Waals surface area contributed by atoms with Gasteiger partial charge >= 0.3 is 11.9 Å². The van der Waals surface area contributed by atoms with E-state index in [9.17, 15) is 14.4 Å². The summed E-state index contributed by atoms with van der Waals surface area (Å²) >= 11 is 11.5. The fourth-order valence-corrected chi connectivity index (χ4v) is 1.79. The van der Waals surface area contributed by atoms with Crippen molar-refractivity contribution in [2.45, 2.75) is 18.9 Å². The normalized spacial score (nSPS) is 11.6. The standard InChI is InChI=1S/C12H12Cl2N2O5/c1-21-10(17)3-2-8(12(19)20)16-11(18)6-4-9(14)15-5-7(6)13/h4-5,8H,2-3H2,1H3,(H,16,18)(H,19,20)/t8-/m1/s1. The number of aliphatic carboxylic acids is 1. The molecule has 1 heterocycles. The molecule has 1 rings (SSSR count). The highest BCUT2D eigenvalue weighted by Gasteiger charge is 2.23. The van der Waals surface area contributed by atoms with Crippen molar-refractivity contribution in [3.63, 3.8) is 0 Å². The molecular formula is C12H12Cl2N2O5. The van der Waals surface area contributed by atoms with E-state index in [4.69, 9.17) is 28.3 Å². The Bertz CT molecular complexity index is 565. The molecule has 0 aliphatic carbocycles. The zero-order valence-corrected chi connectivity index (χ0v) is 12.4. The van der Waals surface area contributed by atoms with Crippen LogP contribution in [0.5, 0.6) is 0 Å². The van der Waals surface area contributed by atoms with Crippen molar-refractivity contribution >= 4 is 41.0 Å². The quantitative estimate of drug-likeness (QED) is 0.603. The van der Waals surface area contributed by atoms with Crippen LogP contribution in [0.25, 0.3) is 0 Å². The second kappa shape index (κ2) is 7.80. The SMILES string of the molecule is COC(=O)CC[C@@H](NC(=O)c1cc(Cl)ncc1Cl)C(=O)O. The molecule has 0 aliphatic rings. The highest BCUT2D eigenvalue weighted by Crippen LogP contribution is 2.18. The van der Waals surface area contributed by atoms with E-state index < -0.39 is 23.9 Å². The molecule has 0 radical (unpaired) electrons. The molecule has 1 aromatic heterocycles. The van der Waals surface area contributed by atoms with Crippen LogP contribution >= 0.6 is 23.2 Å². The number of rotatable bonds is 6. The van der Waals surface area contributed by atoms with Crippen LogP contribution in [0.2, 0.25) is 10.2 Å². The zero-order chi connectivity index (χ0) is 16.0. The molecule has 9 heteroatoms. The van der Waals surface area contributed by atoms with Gasteiger partial charge in [-0.15, -0.1) is 0 Å². The minimum Gasteiger partial charge on any atom is -0.480 e. The number of nitrogens with one attached hydrogen (secondary N) is 1. The first-order chi connectivity index (χ1) is 9.85. The summed E-state index contributed by atoms with van der Waals surface area (Å²) in [6.45, 7) is 0. The second-order valence-electron chi connectivity index (χ2n) is 3.97. The van der Waals surface area contributed by atoms with Crippen molar-refractivity contribution in [1.82, 2.24) is 10.3 Å². The van der Waals surface area contributed by atoms with Crippen molar-refractivity contribution in [3.05, 3.63) is 28.0 Å². The lowest BCUT2D eigenvalue weighted by molar-refractivity contribution is -0.142. The maximum atomic E-state index is 12.0. The molecule has 7 nitrogen and oxygen atoms in total. The Morgan fingerprint density at radius 2 is 2.10 bits per heavy atom. The molecule has 1 aromatic rings. The maximum absolute atomic E-state index is 12.0. The summed E-state index contributed by atoms with van der Waals surface area (Å²) < 4.78 is 4.41. The van der Waals surface area contributed by atoms with E-state index in [0.717, 1.165) is 0 Å². The van der Waals surface area contributed by atoms with Crippen molar-refractivity contribution in [2.24, 2.45) is 0 Å². The van der Waals surface area contributed by atoms with Crippen LogP contribution in [-0.2, 0) is 14.3 Å². The van der Waals surface area contributed by atoms with E-state index in [1.807, 2.05) is 0 Å². The fraction of sp³-hybridized carbons (Fsp3) is 0.333. The van der Waals surface area contributed by atoms with Gasteiger partial charge in [0.2, 0.25) is 0 Å². The largest absolute Gasteiger partial charge is 0.480 e. The molecule has 0 bridgehead atoms. The second-order valence-corrected chi connectivity index (χ2v) is 4.76. The molecule has 114 valence electrons. The highest BCUT2D eigenvalue weighted by atomic mass is 35.5. The number of carboxylic acids is 1. The predicted molar refractivity (Wildman–Crippen MR) is 74.4 cm³/mol. The Kier molecular flexibility index (Phi) is 6.39. The number of carbonyl (C=O) groups excluding carboxylic acids is 2. The third-order valence-electron chi connectivity index (χ3n) is 2.53. The number of hydrogen-bond donors (Lipinski definition) is 2. The number of aromatic nitrogens is 1. The summed E-state index contributed by atoms with van der Waals surface area (Å²) in [5.74, 6) is -2.56. The topological polar surface area (TPSA) is 106 Å².